The van der Waals surface area contributed by atoms with Crippen LogP contribution in [0, 0.1) is 17.8 Å². The van der Waals surface area contributed by atoms with Gasteiger partial charge in [-0.1, -0.05) is 31.1 Å². The molecule has 32 heavy (non-hydrogen) atoms. The number of hydrogen-bond acceptors (Lipinski definition) is 7. The third-order valence-electron chi connectivity index (χ3n) is 7.10. The van der Waals surface area contributed by atoms with Crippen LogP contribution in [-0.4, -0.2) is 41.5 Å². The molecule has 2 aliphatic carbocycles. The second-order valence-corrected chi connectivity index (χ2v) is 9.28. The summed E-state index contributed by atoms with van der Waals surface area (Å²) in [5.41, 5.74) is 0.921. The van der Waals surface area contributed by atoms with Gasteiger partial charge in [-0.15, -0.1) is 0 Å². The molecule has 6 atom stereocenters. The fourth-order valence-electron chi connectivity index (χ4n) is 4.85. The molecule has 0 N–H and O–H groups in total. The maximum atomic E-state index is 13.1. The van der Waals surface area contributed by atoms with E-state index in [4.69, 9.17) is 14.2 Å². The van der Waals surface area contributed by atoms with Crippen molar-refractivity contribution in [1.29, 1.82) is 0 Å². The molecule has 0 radical (unpaired) electrons. The molecular weight excluding hydrogens is 412 g/mol. The molecule has 0 spiro atoms. The summed E-state index contributed by atoms with van der Waals surface area (Å²) in [7, 11) is 0. The maximum absolute atomic E-state index is 13.1. The molecule has 174 valence electrons. The van der Waals surface area contributed by atoms with E-state index in [1.165, 1.54) is 6.92 Å². The molecule has 1 heterocycles. The molecule has 0 aromatic rings. The van der Waals surface area contributed by atoms with Gasteiger partial charge in [-0.25, -0.2) is 9.59 Å². The van der Waals surface area contributed by atoms with Crippen molar-refractivity contribution < 1.29 is 33.4 Å². The van der Waals surface area contributed by atoms with Crippen LogP contribution in [0.1, 0.15) is 61.3 Å². The van der Waals surface area contributed by atoms with Gasteiger partial charge in [0.05, 0.1) is 11.8 Å². The summed E-state index contributed by atoms with van der Waals surface area (Å²) >= 11 is 0. The van der Waals surface area contributed by atoms with E-state index in [-0.39, 0.29) is 12.2 Å². The highest BCUT2D eigenvalue weighted by Crippen LogP contribution is 2.51. The maximum Gasteiger partial charge on any atom is 0.351 e. The number of hydrogen-bond donors (Lipinski definition) is 0. The predicted molar refractivity (Wildman–Crippen MR) is 116 cm³/mol. The van der Waals surface area contributed by atoms with Gasteiger partial charge in [0.25, 0.3) is 0 Å². The minimum atomic E-state index is -1.64. The molecule has 0 saturated carbocycles. The number of carbonyl (C=O) groups excluding carboxylic acids is 4. The molecule has 7 heteroatoms. The first-order chi connectivity index (χ1) is 15.0. The lowest BCUT2D eigenvalue weighted by Crippen LogP contribution is -2.51. The van der Waals surface area contributed by atoms with Crippen molar-refractivity contribution >= 4 is 23.7 Å². The van der Waals surface area contributed by atoms with E-state index in [0.717, 1.165) is 11.1 Å². The Morgan fingerprint density at radius 1 is 1.31 bits per heavy atom. The van der Waals surface area contributed by atoms with Gasteiger partial charge in [0.2, 0.25) is 5.60 Å². The summed E-state index contributed by atoms with van der Waals surface area (Å²) in [5.74, 6) is -3.45. The van der Waals surface area contributed by atoms with Crippen molar-refractivity contribution in [1.82, 2.24) is 0 Å². The lowest BCUT2D eigenvalue weighted by Gasteiger charge is -2.35. The summed E-state index contributed by atoms with van der Waals surface area (Å²) in [6.07, 6.45) is 2.42. The number of ether oxygens (including phenoxy) is 3. The zero-order chi connectivity index (χ0) is 24.0. The van der Waals surface area contributed by atoms with Crippen molar-refractivity contribution in [3.8, 4) is 0 Å². The van der Waals surface area contributed by atoms with E-state index in [2.05, 4.69) is 0 Å². The normalized spacial score (nSPS) is 33.1. The first kappa shape index (κ1) is 24.0. The van der Waals surface area contributed by atoms with E-state index in [1.54, 1.807) is 32.9 Å². The van der Waals surface area contributed by atoms with Gasteiger partial charge in [0, 0.05) is 23.5 Å². The van der Waals surface area contributed by atoms with Crippen LogP contribution in [0.5, 0.6) is 0 Å². The molecule has 1 fully saturated rings. The largest absolute Gasteiger partial charge is 0.458 e. The van der Waals surface area contributed by atoms with Crippen LogP contribution in [0.2, 0.25) is 0 Å². The van der Waals surface area contributed by atoms with Gasteiger partial charge < -0.3 is 14.2 Å². The predicted octanol–water partition coefficient (Wildman–Crippen LogP) is 3.62. The highest BCUT2D eigenvalue weighted by Gasteiger charge is 2.65. The number of rotatable bonds is 5. The minimum Gasteiger partial charge on any atom is -0.458 e. The zero-order valence-electron chi connectivity index (χ0n) is 19.8. The summed E-state index contributed by atoms with van der Waals surface area (Å²) in [6, 6.07) is 0. The summed E-state index contributed by atoms with van der Waals surface area (Å²) in [4.78, 5) is 51.2. The average Bonchev–Trinajstić information content (AvgIpc) is 3.12. The number of esters is 3. The topological polar surface area (TPSA) is 96.0 Å². The summed E-state index contributed by atoms with van der Waals surface area (Å²) in [6.45, 7) is 12.2. The second-order valence-electron chi connectivity index (χ2n) is 9.28. The Kier molecular flexibility index (Phi) is 6.50. The molecule has 7 nitrogen and oxygen atoms in total. The highest BCUT2D eigenvalue weighted by molar-refractivity contribution is 6.09. The van der Waals surface area contributed by atoms with Crippen LogP contribution >= 0.6 is 0 Å². The van der Waals surface area contributed by atoms with Crippen molar-refractivity contribution in [3.63, 3.8) is 0 Å². The first-order valence-electron chi connectivity index (χ1n) is 11.2. The molecule has 0 amide bonds. The zero-order valence-corrected chi connectivity index (χ0v) is 19.8. The Morgan fingerprint density at radius 2 is 1.97 bits per heavy atom. The standard InChI is InChI=1S/C25H32O7/c1-8-12(3)22(27)30-17-11-15(6)18-16(26)10-14(5)19(18)21-20(17)25(7,24(29)31-21)32-23(28)13(4)9-2/h8,10,13,17,19-21H,9,11H2,1-7H3. The van der Waals surface area contributed by atoms with Gasteiger partial charge in [0.1, 0.15) is 12.2 Å². The number of ketones is 1. The molecule has 6 unspecified atom stereocenters. The number of allylic oxidation sites excluding steroid dienone is 2. The van der Waals surface area contributed by atoms with Gasteiger partial charge in [0.15, 0.2) is 5.78 Å². The van der Waals surface area contributed by atoms with Gasteiger partial charge >= 0.3 is 17.9 Å². The lowest BCUT2D eigenvalue weighted by atomic mass is 9.77. The Balaban J connectivity index is 2.10. The van der Waals surface area contributed by atoms with E-state index in [9.17, 15) is 19.2 Å². The Labute approximate surface area is 188 Å². The highest BCUT2D eigenvalue weighted by atomic mass is 16.6. The van der Waals surface area contributed by atoms with Crippen LogP contribution in [-0.2, 0) is 33.4 Å². The number of carbonyl (C=O) groups is 4. The molecule has 0 aromatic carbocycles. The van der Waals surface area contributed by atoms with Gasteiger partial charge in [-0.2, -0.15) is 0 Å². The van der Waals surface area contributed by atoms with Gasteiger partial charge in [-0.3, -0.25) is 9.59 Å². The molecular formula is C25H32O7. The van der Waals surface area contributed by atoms with Crippen LogP contribution in [0.25, 0.3) is 0 Å². The van der Waals surface area contributed by atoms with E-state index < -0.39 is 53.5 Å². The first-order valence-corrected chi connectivity index (χ1v) is 11.2. The monoisotopic (exact) mass is 444 g/mol. The van der Waals surface area contributed by atoms with Crippen molar-refractivity contribution in [2.45, 2.75) is 79.1 Å². The summed E-state index contributed by atoms with van der Waals surface area (Å²) in [5, 5.41) is 0. The van der Waals surface area contributed by atoms with E-state index >= 15 is 0 Å². The molecule has 1 saturated heterocycles. The van der Waals surface area contributed by atoms with E-state index in [1.807, 2.05) is 20.8 Å². The van der Waals surface area contributed by atoms with Gasteiger partial charge in [-0.05, 0) is 47.1 Å². The van der Waals surface area contributed by atoms with Crippen LogP contribution in [0.4, 0.5) is 0 Å². The average molecular weight is 445 g/mol. The minimum absolute atomic E-state index is 0.124. The SMILES string of the molecule is CC=C(C)C(=O)OC1CC(C)=C2C(=O)C=C(C)C2C2OC(=O)C(C)(OC(=O)C(C)CC)C12. The fourth-order valence-corrected chi connectivity index (χ4v) is 4.85. The van der Waals surface area contributed by atoms with Crippen LogP contribution in [0.3, 0.4) is 0 Å². The molecule has 3 aliphatic rings. The molecule has 1 aliphatic heterocycles. The Morgan fingerprint density at radius 3 is 2.56 bits per heavy atom. The van der Waals surface area contributed by atoms with Crippen LogP contribution in [0.15, 0.2) is 34.4 Å². The quantitative estimate of drug-likeness (QED) is 0.363. The summed E-state index contributed by atoms with van der Waals surface area (Å²) < 4.78 is 17.5. The lowest BCUT2D eigenvalue weighted by molar-refractivity contribution is -0.181. The van der Waals surface area contributed by atoms with Crippen molar-refractivity contribution in [2.75, 3.05) is 0 Å². The number of fused-ring (bicyclic) bond motifs is 3. The smallest absolute Gasteiger partial charge is 0.351 e. The third-order valence-corrected chi connectivity index (χ3v) is 7.10. The second kappa shape index (κ2) is 8.68. The molecule has 0 aromatic heterocycles. The van der Waals surface area contributed by atoms with Crippen LogP contribution < -0.4 is 0 Å². The Hall–Kier alpha value is -2.70. The third kappa shape index (κ3) is 3.82. The molecule has 0 bridgehead atoms. The fraction of sp³-hybridized carbons (Fsp3) is 0.600. The molecule has 3 rings (SSSR count). The Bertz CT molecular complexity index is 953. The van der Waals surface area contributed by atoms with Crippen molar-refractivity contribution in [3.05, 3.63) is 34.4 Å². The van der Waals surface area contributed by atoms with Crippen molar-refractivity contribution in [2.24, 2.45) is 17.8 Å². The van der Waals surface area contributed by atoms with E-state index in [0.29, 0.717) is 17.6 Å².